The van der Waals surface area contributed by atoms with Gasteiger partial charge >= 0.3 is 6.09 Å². The van der Waals surface area contributed by atoms with E-state index in [9.17, 15) is 4.79 Å². The number of carbonyl (C=O) groups is 1. The van der Waals surface area contributed by atoms with E-state index in [0.29, 0.717) is 18.2 Å². The van der Waals surface area contributed by atoms with Crippen LogP contribution in [0.1, 0.15) is 10.6 Å². The molecule has 2 rings (SSSR count). The molecule has 0 radical (unpaired) electrons. The van der Waals surface area contributed by atoms with E-state index in [4.69, 9.17) is 10.00 Å². The highest BCUT2D eigenvalue weighted by Crippen LogP contribution is 2.27. The molecule has 1 amide bonds. The van der Waals surface area contributed by atoms with Gasteiger partial charge in [-0.25, -0.2) is 9.78 Å². The fourth-order valence-electron chi connectivity index (χ4n) is 1.59. The molecule has 0 fully saturated rings. The molecule has 0 spiro atoms. The van der Waals surface area contributed by atoms with E-state index in [1.807, 2.05) is 0 Å². The van der Waals surface area contributed by atoms with Gasteiger partial charge in [0.2, 0.25) is 0 Å². The minimum Gasteiger partial charge on any atom is -0.445 e. The van der Waals surface area contributed by atoms with Gasteiger partial charge in [0, 0.05) is 17.8 Å². The molecule has 0 aromatic carbocycles. The summed E-state index contributed by atoms with van der Waals surface area (Å²) in [5, 5.41) is 11.9. The average Bonchev–Trinajstić information content (AvgIpc) is 2.77. The largest absolute Gasteiger partial charge is 0.445 e. The highest BCUT2D eigenvalue weighted by Gasteiger charge is 2.20. The van der Waals surface area contributed by atoms with Crippen molar-refractivity contribution in [2.24, 2.45) is 0 Å². The van der Waals surface area contributed by atoms with Gasteiger partial charge in [0.1, 0.15) is 6.61 Å². The monoisotopic (exact) mass is 264 g/mol. The van der Waals surface area contributed by atoms with E-state index >= 15 is 0 Å². The van der Waals surface area contributed by atoms with E-state index in [0.717, 1.165) is 17.0 Å². The molecule has 1 aliphatic rings. The Morgan fingerprint density at radius 1 is 1.78 bits per heavy atom. The normalized spacial score (nSPS) is 13.4. The number of amides is 1. The van der Waals surface area contributed by atoms with Crippen LogP contribution in [0, 0.1) is 11.5 Å². The third-order valence-electron chi connectivity index (χ3n) is 2.41. The molecule has 94 valence electrons. The van der Waals surface area contributed by atoms with Crippen molar-refractivity contribution < 1.29 is 9.53 Å². The predicted molar refractivity (Wildman–Crippen MR) is 67.0 cm³/mol. The van der Waals surface area contributed by atoms with Crippen molar-refractivity contribution in [3.8, 4) is 6.19 Å². The molecule has 1 aromatic rings. The van der Waals surface area contributed by atoms with Crippen molar-refractivity contribution in [3.63, 3.8) is 0 Å². The molecule has 0 unspecified atom stereocenters. The Bertz CT molecular complexity index is 506. The first kappa shape index (κ1) is 12.4. The Morgan fingerprint density at radius 3 is 3.33 bits per heavy atom. The summed E-state index contributed by atoms with van der Waals surface area (Å²) in [6, 6.07) is 0. The summed E-state index contributed by atoms with van der Waals surface area (Å²) in [5.74, 6) is 0. The number of nitrogens with one attached hydrogen (secondary N) is 1. The van der Waals surface area contributed by atoms with Crippen LogP contribution in [0.3, 0.4) is 0 Å². The van der Waals surface area contributed by atoms with Crippen LogP contribution < -0.4 is 5.32 Å². The Balaban J connectivity index is 2.00. The number of hydrogen-bond donors (Lipinski definition) is 1. The summed E-state index contributed by atoms with van der Waals surface area (Å²) < 4.78 is 4.81. The molecule has 0 saturated heterocycles. The maximum atomic E-state index is 11.3. The van der Waals surface area contributed by atoms with Crippen molar-refractivity contribution in [2.75, 3.05) is 18.5 Å². The molecule has 0 atom stereocenters. The fourth-order valence-corrected chi connectivity index (χ4v) is 2.60. The topological polar surface area (TPSA) is 78.2 Å². The zero-order valence-electron chi connectivity index (χ0n) is 9.68. The number of thiazole rings is 1. The number of aromatic nitrogens is 1. The van der Waals surface area contributed by atoms with Gasteiger partial charge in [0.15, 0.2) is 11.3 Å². The van der Waals surface area contributed by atoms with Crippen molar-refractivity contribution in [1.82, 2.24) is 9.88 Å². The second-order valence-electron chi connectivity index (χ2n) is 3.67. The fraction of sp³-hybridized carbons (Fsp3) is 0.364. The van der Waals surface area contributed by atoms with Gasteiger partial charge in [-0.05, 0) is 0 Å². The van der Waals surface area contributed by atoms with E-state index < -0.39 is 6.09 Å². The second kappa shape index (κ2) is 5.51. The summed E-state index contributed by atoms with van der Waals surface area (Å²) >= 11 is 1.37. The van der Waals surface area contributed by atoms with E-state index in [2.05, 4.69) is 23.1 Å². The zero-order chi connectivity index (χ0) is 13.0. The predicted octanol–water partition coefficient (Wildman–Crippen LogP) is 1.72. The van der Waals surface area contributed by atoms with Gasteiger partial charge in [-0.1, -0.05) is 24.0 Å². The number of nitriles is 1. The van der Waals surface area contributed by atoms with Gasteiger partial charge in [0.05, 0.1) is 12.2 Å². The smallest absolute Gasteiger partial charge is 0.413 e. The SMILES string of the molecule is C=CCOC(=O)Nc1nc2c(s1)CN(C#N)CC2. The summed E-state index contributed by atoms with van der Waals surface area (Å²) in [7, 11) is 0. The van der Waals surface area contributed by atoms with Crippen LogP contribution in [0.2, 0.25) is 0 Å². The van der Waals surface area contributed by atoms with Gasteiger partial charge in [-0.2, -0.15) is 5.26 Å². The second-order valence-corrected chi connectivity index (χ2v) is 4.76. The number of fused-ring (bicyclic) bond motifs is 1. The van der Waals surface area contributed by atoms with Crippen LogP contribution in [-0.2, 0) is 17.7 Å². The Morgan fingerprint density at radius 2 is 2.61 bits per heavy atom. The lowest BCUT2D eigenvalue weighted by Gasteiger charge is -2.19. The minimum absolute atomic E-state index is 0.166. The standard InChI is InChI=1S/C11H12N4O2S/c1-2-5-17-11(16)14-10-13-8-3-4-15(7-12)6-9(8)18-10/h2H,1,3-6H2,(H,13,14,16). The maximum absolute atomic E-state index is 11.3. The van der Waals surface area contributed by atoms with Crippen LogP contribution in [0.5, 0.6) is 0 Å². The quantitative estimate of drug-likeness (QED) is 0.664. The van der Waals surface area contributed by atoms with Crippen molar-refractivity contribution in [1.29, 1.82) is 5.26 Å². The van der Waals surface area contributed by atoms with Crippen molar-refractivity contribution in [2.45, 2.75) is 13.0 Å². The molecule has 1 aliphatic heterocycles. The summed E-state index contributed by atoms with van der Waals surface area (Å²) in [5.41, 5.74) is 0.950. The first-order valence-corrected chi connectivity index (χ1v) is 6.22. The minimum atomic E-state index is -0.543. The Hall–Kier alpha value is -2.07. The lowest BCUT2D eigenvalue weighted by molar-refractivity contribution is 0.174. The molecular formula is C11H12N4O2S. The van der Waals surface area contributed by atoms with Gasteiger partial charge in [-0.3, -0.25) is 5.32 Å². The highest BCUT2D eigenvalue weighted by atomic mass is 32.1. The molecule has 0 saturated carbocycles. The van der Waals surface area contributed by atoms with Crippen molar-refractivity contribution >= 4 is 22.6 Å². The van der Waals surface area contributed by atoms with Crippen LogP contribution in [0.25, 0.3) is 0 Å². The van der Waals surface area contributed by atoms with E-state index in [1.165, 1.54) is 17.4 Å². The van der Waals surface area contributed by atoms with Gasteiger partial charge in [0.25, 0.3) is 0 Å². The molecular weight excluding hydrogens is 252 g/mol. The summed E-state index contributed by atoms with van der Waals surface area (Å²) in [6.07, 6.45) is 3.79. The lowest BCUT2D eigenvalue weighted by atomic mass is 10.2. The molecule has 6 nitrogen and oxygen atoms in total. The third kappa shape index (κ3) is 2.78. The number of hydrogen-bond acceptors (Lipinski definition) is 6. The van der Waals surface area contributed by atoms with Crippen LogP contribution in [-0.4, -0.2) is 29.1 Å². The van der Waals surface area contributed by atoms with Crippen molar-refractivity contribution in [3.05, 3.63) is 23.2 Å². The Kier molecular flexibility index (Phi) is 3.79. The van der Waals surface area contributed by atoms with Crippen LogP contribution in [0.4, 0.5) is 9.93 Å². The molecule has 7 heteroatoms. The number of nitrogens with zero attached hydrogens (tertiary/aromatic N) is 3. The lowest BCUT2D eigenvalue weighted by Crippen LogP contribution is -2.25. The number of rotatable bonds is 3. The highest BCUT2D eigenvalue weighted by molar-refractivity contribution is 7.15. The Labute approximate surface area is 108 Å². The average molecular weight is 264 g/mol. The molecule has 0 aliphatic carbocycles. The van der Waals surface area contributed by atoms with Gasteiger partial charge in [-0.15, -0.1) is 0 Å². The van der Waals surface area contributed by atoms with Gasteiger partial charge < -0.3 is 9.64 Å². The molecule has 1 aromatic heterocycles. The molecule has 18 heavy (non-hydrogen) atoms. The van der Waals surface area contributed by atoms with Crippen LogP contribution in [0.15, 0.2) is 12.7 Å². The first-order chi connectivity index (χ1) is 8.72. The molecule has 2 heterocycles. The summed E-state index contributed by atoms with van der Waals surface area (Å²) in [4.78, 5) is 18.3. The maximum Gasteiger partial charge on any atom is 0.413 e. The molecule has 1 N–H and O–H groups in total. The van der Waals surface area contributed by atoms with E-state index in [1.54, 1.807) is 4.90 Å². The van der Waals surface area contributed by atoms with E-state index in [-0.39, 0.29) is 6.61 Å². The first-order valence-electron chi connectivity index (χ1n) is 5.41. The summed E-state index contributed by atoms with van der Waals surface area (Å²) in [6.45, 7) is 4.86. The van der Waals surface area contributed by atoms with Crippen LogP contribution >= 0.6 is 11.3 Å². The zero-order valence-corrected chi connectivity index (χ0v) is 10.5. The number of ether oxygens (including phenoxy) is 1. The number of carbonyl (C=O) groups excluding carboxylic acids is 1. The molecule has 0 bridgehead atoms. The third-order valence-corrected chi connectivity index (χ3v) is 3.41. The number of anilines is 1.